The van der Waals surface area contributed by atoms with Gasteiger partial charge < -0.3 is 19.4 Å². The molecular weight excluding hydrogens is 238 g/mol. The number of ether oxygens (including phenoxy) is 1. The molecule has 2 atom stereocenters. The summed E-state index contributed by atoms with van der Waals surface area (Å²) in [6.07, 6.45) is -0.0538. The van der Waals surface area contributed by atoms with Gasteiger partial charge in [-0.3, -0.25) is 4.90 Å². The maximum absolute atomic E-state index is 11.6. The number of esters is 1. The number of aliphatic hydroxyl groups is 2. The molecule has 0 aliphatic carbocycles. The van der Waals surface area contributed by atoms with Crippen LogP contribution >= 0.6 is 0 Å². The molecular formula is C12H17NO5. The molecule has 1 aliphatic heterocycles. The molecule has 2 rings (SSSR count). The lowest BCUT2D eigenvalue weighted by Gasteiger charge is -2.13. The minimum Gasteiger partial charge on any atom is -0.467 e. The molecule has 1 saturated heterocycles. The number of hydrogen-bond donors (Lipinski definition) is 2. The van der Waals surface area contributed by atoms with Crippen LogP contribution in [-0.2, 0) is 11.3 Å². The largest absolute Gasteiger partial charge is 0.467 e. The molecule has 0 saturated carbocycles. The van der Waals surface area contributed by atoms with Gasteiger partial charge in [0, 0.05) is 13.1 Å². The second kappa shape index (κ2) is 5.51. The van der Waals surface area contributed by atoms with Gasteiger partial charge in [-0.1, -0.05) is 0 Å². The minimum atomic E-state index is -0.744. The first-order valence-electron chi connectivity index (χ1n) is 5.93. The zero-order valence-electron chi connectivity index (χ0n) is 10.2. The second-order valence-electron chi connectivity index (χ2n) is 4.31. The van der Waals surface area contributed by atoms with Crippen molar-refractivity contribution in [1.82, 2.24) is 4.90 Å². The number of hydrogen-bond acceptors (Lipinski definition) is 6. The third-order valence-corrected chi connectivity index (χ3v) is 2.94. The number of likely N-dealkylation sites (tertiary alicyclic amines) is 1. The summed E-state index contributed by atoms with van der Waals surface area (Å²) in [6, 6.07) is 1.57. The van der Waals surface area contributed by atoms with Gasteiger partial charge in [0.2, 0.25) is 0 Å². The Labute approximate surface area is 105 Å². The topological polar surface area (TPSA) is 83.1 Å². The van der Waals surface area contributed by atoms with Gasteiger partial charge >= 0.3 is 5.97 Å². The highest BCUT2D eigenvalue weighted by Crippen LogP contribution is 2.18. The van der Waals surface area contributed by atoms with Gasteiger partial charge in [0.1, 0.15) is 11.3 Å². The van der Waals surface area contributed by atoms with E-state index in [4.69, 9.17) is 9.15 Å². The first-order chi connectivity index (χ1) is 8.61. The normalized spacial score (nSPS) is 24.4. The molecule has 0 bridgehead atoms. The van der Waals surface area contributed by atoms with Crippen LogP contribution in [0.1, 0.15) is 23.0 Å². The summed E-state index contributed by atoms with van der Waals surface area (Å²) in [6.45, 7) is 3.15. The fraction of sp³-hybridized carbons (Fsp3) is 0.583. The molecule has 0 spiro atoms. The van der Waals surface area contributed by atoms with Crippen LogP contribution in [0, 0.1) is 0 Å². The first kappa shape index (κ1) is 13.1. The van der Waals surface area contributed by atoms with Crippen molar-refractivity contribution >= 4 is 5.97 Å². The van der Waals surface area contributed by atoms with E-state index in [-0.39, 0.29) is 0 Å². The molecule has 2 N–H and O–H groups in total. The van der Waals surface area contributed by atoms with Gasteiger partial charge in [-0.25, -0.2) is 4.79 Å². The lowest BCUT2D eigenvalue weighted by atomic mass is 10.2. The SMILES string of the molecule is CCOC(=O)c1ccoc1CN1CC(O)C(O)C1. The molecule has 1 aliphatic rings. The summed E-state index contributed by atoms with van der Waals surface area (Å²) in [5.41, 5.74) is 0.396. The van der Waals surface area contributed by atoms with Crippen molar-refractivity contribution < 1.29 is 24.2 Å². The van der Waals surface area contributed by atoms with Crippen LogP contribution in [0.4, 0.5) is 0 Å². The zero-order chi connectivity index (χ0) is 13.1. The number of furan rings is 1. The molecule has 100 valence electrons. The molecule has 6 nitrogen and oxygen atoms in total. The van der Waals surface area contributed by atoms with E-state index < -0.39 is 18.2 Å². The van der Waals surface area contributed by atoms with Gasteiger partial charge in [0.25, 0.3) is 0 Å². The molecule has 6 heteroatoms. The van der Waals surface area contributed by atoms with E-state index in [0.717, 1.165) is 0 Å². The van der Waals surface area contributed by atoms with Crippen LogP contribution in [0.15, 0.2) is 16.7 Å². The smallest absolute Gasteiger partial charge is 0.341 e. The highest BCUT2D eigenvalue weighted by Gasteiger charge is 2.30. The fourth-order valence-electron chi connectivity index (χ4n) is 2.03. The molecule has 18 heavy (non-hydrogen) atoms. The molecule has 0 radical (unpaired) electrons. The Morgan fingerprint density at radius 3 is 2.78 bits per heavy atom. The van der Waals surface area contributed by atoms with Crippen LogP contribution < -0.4 is 0 Å². The van der Waals surface area contributed by atoms with Crippen molar-refractivity contribution in [3.63, 3.8) is 0 Å². The Morgan fingerprint density at radius 2 is 2.17 bits per heavy atom. The van der Waals surface area contributed by atoms with Crippen molar-refractivity contribution in [3.8, 4) is 0 Å². The average molecular weight is 255 g/mol. The quantitative estimate of drug-likeness (QED) is 0.736. The highest BCUT2D eigenvalue weighted by atomic mass is 16.5. The molecule has 2 unspecified atom stereocenters. The van der Waals surface area contributed by atoms with Crippen LogP contribution in [-0.4, -0.2) is 53.0 Å². The maximum atomic E-state index is 11.6. The Morgan fingerprint density at radius 1 is 1.50 bits per heavy atom. The summed E-state index contributed by atoms with van der Waals surface area (Å²) >= 11 is 0. The average Bonchev–Trinajstić information content (AvgIpc) is 2.88. The van der Waals surface area contributed by atoms with E-state index in [9.17, 15) is 15.0 Å². The number of carbonyl (C=O) groups is 1. The predicted octanol–water partition coefficient (Wildman–Crippen LogP) is -0.00630. The van der Waals surface area contributed by atoms with E-state index in [1.165, 1.54) is 6.26 Å². The maximum Gasteiger partial charge on any atom is 0.341 e. The van der Waals surface area contributed by atoms with Gasteiger partial charge in [0.05, 0.1) is 31.6 Å². The van der Waals surface area contributed by atoms with Crippen LogP contribution in [0.25, 0.3) is 0 Å². The molecule has 0 amide bonds. The first-order valence-corrected chi connectivity index (χ1v) is 5.93. The van der Waals surface area contributed by atoms with E-state index in [1.807, 2.05) is 4.90 Å². The summed E-state index contributed by atoms with van der Waals surface area (Å²) in [4.78, 5) is 13.5. The van der Waals surface area contributed by atoms with Crippen molar-refractivity contribution in [2.45, 2.75) is 25.7 Å². The van der Waals surface area contributed by atoms with E-state index >= 15 is 0 Å². The van der Waals surface area contributed by atoms with Gasteiger partial charge in [0.15, 0.2) is 0 Å². The monoisotopic (exact) mass is 255 g/mol. The lowest BCUT2D eigenvalue weighted by Crippen LogP contribution is -2.22. The van der Waals surface area contributed by atoms with Crippen molar-refractivity contribution in [2.24, 2.45) is 0 Å². The Bertz CT molecular complexity index is 406. The molecule has 0 aromatic carbocycles. The highest BCUT2D eigenvalue weighted by molar-refractivity contribution is 5.90. The molecule has 2 heterocycles. The summed E-state index contributed by atoms with van der Waals surface area (Å²) < 4.78 is 10.2. The number of β-amino-alcohol motifs (C(OH)–C–C–N with tert-alkyl or cyclic N) is 2. The summed E-state index contributed by atoms with van der Waals surface area (Å²) in [7, 11) is 0. The number of carbonyl (C=O) groups excluding carboxylic acids is 1. The lowest BCUT2D eigenvalue weighted by molar-refractivity contribution is 0.0522. The van der Waals surface area contributed by atoms with Crippen LogP contribution in [0.3, 0.4) is 0 Å². The van der Waals surface area contributed by atoms with Crippen LogP contribution in [0.2, 0.25) is 0 Å². The predicted molar refractivity (Wildman–Crippen MR) is 62.0 cm³/mol. The third kappa shape index (κ3) is 2.72. The van der Waals surface area contributed by atoms with Crippen molar-refractivity contribution in [3.05, 3.63) is 23.7 Å². The van der Waals surface area contributed by atoms with Crippen molar-refractivity contribution in [1.29, 1.82) is 0 Å². The van der Waals surface area contributed by atoms with Gasteiger partial charge in [-0.05, 0) is 13.0 Å². The summed E-state index contributed by atoms with van der Waals surface area (Å²) in [5.74, 6) is 0.0799. The third-order valence-electron chi connectivity index (χ3n) is 2.94. The molecule has 1 aromatic heterocycles. The zero-order valence-corrected chi connectivity index (χ0v) is 10.2. The standard InChI is InChI=1S/C12H17NO5/c1-2-17-12(16)8-3-4-18-11(8)7-13-5-9(14)10(15)6-13/h3-4,9-10,14-15H,2,5-7H2,1H3. The molecule has 1 fully saturated rings. The Kier molecular flexibility index (Phi) is 4.00. The number of rotatable bonds is 4. The molecule has 1 aromatic rings. The Balaban J connectivity index is 2.02. The minimum absolute atomic E-state index is 0.310. The van der Waals surface area contributed by atoms with Crippen molar-refractivity contribution in [2.75, 3.05) is 19.7 Å². The van der Waals surface area contributed by atoms with E-state index in [1.54, 1.807) is 13.0 Å². The van der Waals surface area contributed by atoms with E-state index in [0.29, 0.717) is 37.6 Å². The fourth-order valence-corrected chi connectivity index (χ4v) is 2.03. The number of aliphatic hydroxyl groups excluding tert-OH is 2. The van der Waals surface area contributed by atoms with Gasteiger partial charge in [-0.15, -0.1) is 0 Å². The number of nitrogens with zero attached hydrogens (tertiary/aromatic N) is 1. The van der Waals surface area contributed by atoms with Gasteiger partial charge in [-0.2, -0.15) is 0 Å². The van der Waals surface area contributed by atoms with Crippen LogP contribution in [0.5, 0.6) is 0 Å². The Hall–Kier alpha value is -1.37. The second-order valence-corrected chi connectivity index (χ2v) is 4.31. The summed E-state index contributed by atoms with van der Waals surface area (Å²) in [5, 5.41) is 18.9. The van der Waals surface area contributed by atoms with E-state index in [2.05, 4.69) is 0 Å².